The quantitative estimate of drug-likeness (QED) is 0.782. The molecule has 0 spiro atoms. The second-order valence-electron chi connectivity index (χ2n) is 4.17. The monoisotopic (exact) mass is 370 g/mol. The van der Waals surface area contributed by atoms with Gasteiger partial charge in [-0.05, 0) is 24.3 Å². The molecule has 2 rings (SSSR count). The summed E-state index contributed by atoms with van der Waals surface area (Å²) in [7, 11) is 1.41. The minimum atomic E-state index is -1.00. The predicted molar refractivity (Wildman–Crippen MR) is 83.6 cm³/mol. The molecule has 0 atom stereocenters. The fourth-order valence-corrected chi connectivity index (χ4v) is 3.34. The molecule has 0 heterocycles. The van der Waals surface area contributed by atoms with Crippen LogP contribution in [0.2, 0.25) is 0 Å². The number of benzene rings is 2. The summed E-state index contributed by atoms with van der Waals surface area (Å²) in [5.74, 6) is -0.920. The molecular formula is C15H12BrFO3S. The Hall–Kier alpha value is -1.53. The molecule has 0 saturated heterocycles. The van der Waals surface area contributed by atoms with Crippen LogP contribution < -0.4 is 4.74 Å². The fraction of sp³-hybridized carbons (Fsp3) is 0.133. The lowest BCUT2D eigenvalue weighted by atomic mass is 10.2. The van der Waals surface area contributed by atoms with Gasteiger partial charge in [-0.2, -0.15) is 0 Å². The minimum absolute atomic E-state index is 0.181. The van der Waals surface area contributed by atoms with Gasteiger partial charge in [-0.15, -0.1) is 11.8 Å². The van der Waals surface area contributed by atoms with Gasteiger partial charge in [-0.25, -0.2) is 9.18 Å². The smallest absolute Gasteiger partial charge is 0.336 e. The molecule has 0 aliphatic rings. The highest BCUT2D eigenvalue weighted by Crippen LogP contribution is 2.31. The van der Waals surface area contributed by atoms with E-state index in [9.17, 15) is 9.18 Å². The number of carboxylic acids is 1. The summed E-state index contributed by atoms with van der Waals surface area (Å²) < 4.78 is 19.8. The highest BCUT2D eigenvalue weighted by atomic mass is 79.9. The summed E-state index contributed by atoms with van der Waals surface area (Å²) >= 11 is 4.58. The number of thioether (sulfide) groups is 1. The minimum Gasteiger partial charge on any atom is -0.494 e. The van der Waals surface area contributed by atoms with E-state index in [0.717, 1.165) is 4.47 Å². The van der Waals surface area contributed by atoms with Crippen molar-refractivity contribution in [2.75, 3.05) is 7.11 Å². The van der Waals surface area contributed by atoms with Gasteiger partial charge < -0.3 is 9.84 Å². The molecule has 0 aliphatic heterocycles. The van der Waals surface area contributed by atoms with Crippen molar-refractivity contribution in [3.63, 3.8) is 0 Å². The standard InChI is InChI=1S/C15H12BrFO3S/c1-20-12-4-2-3-9(14(12)17)8-21-13-7-10(16)5-6-11(13)15(18)19/h2-7H,8H2,1H3,(H,18,19). The summed E-state index contributed by atoms with van der Waals surface area (Å²) in [6.07, 6.45) is 0. The molecule has 0 saturated carbocycles. The van der Waals surface area contributed by atoms with E-state index < -0.39 is 11.8 Å². The van der Waals surface area contributed by atoms with Gasteiger partial charge in [-0.1, -0.05) is 28.1 Å². The first-order valence-electron chi connectivity index (χ1n) is 6.00. The number of ether oxygens (including phenoxy) is 1. The average molecular weight is 371 g/mol. The zero-order chi connectivity index (χ0) is 15.4. The molecular weight excluding hydrogens is 359 g/mol. The fourth-order valence-electron chi connectivity index (χ4n) is 1.77. The number of carboxylic acid groups (broad SMARTS) is 1. The lowest BCUT2D eigenvalue weighted by Gasteiger charge is -2.09. The topological polar surface area (TPSA) is 46.5 Å². The van der Waals surface area contributed by atoms with Gasteiger partial charge >= 0.3 is 5.97 Å². The predicted octanol–water partition coefficient (Wildman–Crippen LogP) is 4.59. The van der Waals surface area contributed by atoms with Crippen molar-refractivity contribution in [3.05, 3.63) is 57.8 Å². The largest absolute Gasteiger partial charge is 0.494 e. The summed E-state index contributed by atoms with van der Waals surface area (Å²) in [6.45, 7) is 0. The molecule has 110 valence electrons. The van der Waals surface area contributed by atoms with Crippen molar-refractivity contribution in [1.82, 2.24) is 0 Å². The van der Waals surface area contributed by atoms with Crippen LogP contribution in [0.25, 0.3) is 0 Å². The first-order valence-corrected chi connectivity index (χ1v) is 7.78. The Bertz CT molecular complexity index is 676. The first-order chi connectivity index (χ1) is 10.0. The third kappa shape index (κ3) is 3.77. The number of carbonyl (C=O) groups is 1. The Labute approximate surface area is 134 Å². The van der Waals surface area contributed by atoms with E-state index in [4.69, 9.17) is 9.84 Å². The Morgan fingerprint density at radius 2 is 2.14 bits per heavy atom. The summed E-state index contributed by atoms with van der Waals surface area (Å²) in [6, 6.07) is 9.81. The van der Waals surface area contributed by atoms with Crippen LogP contribution >= 0.6 is 27.7 Å². The molecule has 0 aromatic heterocycles. The summed E-state index contributed by atoms with van der Waals surface area (Å²) in [4.78, 5) is 11.8. The zero-order valence-corrected chi connectivity index (χ0v) is 13.5. The highest BCUT2D eigenvalue weighted by Gasteiger charge is 2.13. The average Bonchev–Trinajstić information content (AvgIpc) is 2.46. The summed E-state index contributed by atoms with van der Waals surface area (Å²) in [5, 5.41) is 9.17. The van der Waals surface area contributed by atoms with Crippen LogP contribution in [0, 0.1) is 5.82 Å². The Kier molecular flexibility index (Phi) is 5.25. The van der Waals surface area contributed by atoms with Gasteiger partial charge in [-0.3, -0.25) is 0 Å². The second kappa shape index (κ2) is 6.95. The van der Waals surface area contributed by atoms with E-state index >= 15 is 0 Å². The molecule has 2 aromatic carbocycles. The number of hydrogen-bond donors (Lipinski definition) is 1. The van der Waals surface area contributed by atoms with Gasteiger partial charge in [0.2, 0.25) is 0 Å². The molecule has 0 bridgehead atoms. The van der Waals surface area contributed by atoms with E-state index in [1.54, 1.807) is 30.3 Å². The van der Waals surface area contributed by atoms with Gasteiger partial charge in [0.25, 0.3) is 0 Å². The zero-order valence-electron chi connectivity index (χ0n) is 11.1. The maximum Gasteiger partial charge on any atom is 0.336 e. The number of aromatic carboxylic acids is 1. The van der Waals surface area contributed by atoms with Crippen molar-refractivity contribution < 1.29 is 19.0 Å². The van der Waals surface area contributed by atoms with Crippen molar-refractivity contribution in [1.29, 1.82) is 0 Å². The molecule has 6 heteroatoms. The Balaban J connectivity index is 2.24. The Morgan fingerprint density at radius 1 is 1.38 bits per heavy atom. The number of methoxy groups -OCH3 is 1. The third-order valence-electron chi connectivity index (χ3n) is 2.82. The van der Waals surface area contributed by atoms with Crippen molar-refractivity contribution in [2.24, 2.45) is 0 Å². The molecule has 0 radical (unpaired) electrons. The normalized spacial score (nSPS) is 10.4. The lowest BCUT2D eigenvalue weighted by Crippen LogP contribution is -1.99. The second-order valence-corrected chi connectivity index (χ2v) is 6.10. The molecule has 1 N–H and O–H groups in total. The highest BCUT2D eigenvalue weighted by molar-refractivity contribution is 9.10. The van der Waals surface area contributed by atoms with Crippen molar-refractivity contribution in [3.8, 4) is 5.75 Å². The van der Waals surface area contributed by atoms with Gasteiger partial charge in [0.1, 0.15) is 0 Å². The van der Waals surface area contributed by atoms with E-state index in [1.807, 2.05) is 0 Å². The van der Waals surface area contributed by atoms with E-state index in [2.05, 4.69) is 15.9 Å². The van der Waals surface area contributed by atoms with Gasteiger partial charge in [0.05, 0.1) is 12.7 Å². The molecule has 0 aliphatic carbocycles. The first kappa shape index (κ1) is 15.9. The molecule has 2 aromatic rings. The van der Waals surface area contributed by atoms with Gasteiger partial charge in [0.15, 0.2) is 11.6 Å². The van der Waals surface area contributed by atoms with E-state index in [1.165, 1.54) is 24.9 Å². The molecule has 0 amide bonds. The molecule has 21 heavy (non-hydrogen) atoms. The third-order valence-corrected chi connectivity index (χ3v) is 4.42. The molecule has 0 unspecified atom stereocenters. The van der Waals surface area contributed by atoms with Crippen LogP contribution in [0.15, 0.2) is 45.8 Å². The van der Waals surface area contributed by atoms with Crippen LogP contribution in [0.1, 0.15) is 15.9 Å². The SMILES string of the molecule is COc1cccc(CSc2cc(Br)ccc2C(=O)O)c1F. The number of halogens is 2. The summed E-state index contributed by atoms with van der Waals surface area (Å²) in [5.41, 5.74) is 0.669. The van der Waals surface area contributed by atoms with Gasteiger partial charge in [0, 0.05) is 20.7 Å². The van der Waals surface area contributed by atoms with Crippen LogP contribution in [-0.2, 0) is 5.75 Å². The molecule has 0 fully saturated rings. The van der Waals surface area contributed by atoms with Crippen molar-refractivity contribution >= 4 is 33.7 Å². The number of hydrogen-bond acceptors (Lipinski definition) is 3. The number of rotatable bonds is 5. The lowest BCUT2D eigenvalue weighted by molar-refractivity contribution is 0.0693. The van der Waals surface area contributed by atoms with E-state index in [0.29, 0.717) is 16.2 Å². The Morgan fingerprint density at radius 3 is 2.81 bits per heavy atom. The van der Waals surface area contributed by atoms with E-state index in [-0.39, 0.29) is 11.3 Å². The molecule has 3 nitrogen and oxygen atoms in total. The maximum atomic E-state index is 14.1. The van der Waals surface area contributed by atoms with Crippen LogP contribution in [0.4, 0.5) is 4.39 Å². The van der Waals surface area contributed by atoms with Crippen molar-refractivity contribution in [2.45, 2.75) is 10.6 Å². The van der Waals surface area contributed by atoms with Crippen LogP contribution in [0.3, 0.4) is 0 Å². The van der Waals surface area contributed by atoms with Crippen LogP contribution in [0.5, 0.6) is 5.75 Å². The maximum absolute atomic E-state index is 14.1. The van der Waals surface area contributed by atoms with Crippen LogP contribution in [-0.4, -0.2) is 18.2 Å².